The van der Waals surface area contributed by atoms with Gasteiger partial charge in [0.1, 0.15) is 5.02 Å². The summed E-state index contributed by atoms with van der Waals surface area (Å²) in [6, 6.07) is 2.03. The van der Waals surface area contributed by atoms with Gasteiger partial charge in [0.2, 0.25) is 0 Å². The van der Waals surface area contributed by atoms with Crippen molar-refractivity contribution in [1.29, 1.82) is 0 Å². The zero-order chi connectivity index (χ0) is 13.8. The van der Waals surface area contributed by atoms with E-state index in [-0.39, 0.29) is 10.6 Å². The second-order valence-corrected chi connectivity index (χ2v) is 5.90. The smallest absolute Gasteiger partial charge is 0.287 e. The van der Waals surface area contributed by atoms with Gasteiger partial charge in [-0.15, -0.1) is 0 Å². The number of hydrogen-bond donors (Lipinski definition) is 1. The van der Waals surface area contributed by atoms with Crippen LogP contribution in [0, 0.1) is 5.92 Å². The van der Waals surface area contributed by atoms with Crippen LogP contribution in [0.2, 0.25) is 5.02 Å². The molecule has 0 saturated carbocycles. The maximum Gasteiger partial charge on any atom is 0.287 e. The Morgan fingerprint density at radius 3 is 2.95 bits per heavy atom. The summed E-state index contributed by atoms with van der Waals surface area (Å²) in [6.07, 6.45) is 1.61. The molecule has 0 aliphatic heterocycles. The zero-order valence-corrected chi connectivity index (χ0v) is 12.5. The molecule has 1 N–H and O–H groups in total. The monoisotopic (exact) mass is 297 g/mol. The van der Waals surface area contributed by atoms with E-state index in [9.17, 15) is 4.79 Å². The molecular weight excluding hydrogens is 282 g/mol. The number of anilines is 1. The standard InChI is InChI=1S/C13H16ClN3OS/c1-9(2)7-17-13(18)12(14)11(6-16-17)15-5-10-3-4-19-8-10/h3-4,6,8-9,15H,5,7H2,1-2H3. The molecule has 2 heterocycles. The summed E-state index contributed by atoms with van der Waals surface area (Å²) in [5, 5.41) is 11.5. The lowest BCUT2D eigenvalue weighted by atomic mass is 10.2. The molecule has 0 radical (unpaired) electrons. The van der Waals surface area contributed by atoms with E-state index in [2.05, 4.69) is 10.4 Å². The molecule has 0 aliphatic carbocycles. The summed E-state index contributed by atoms with van der Waals surface area (Å²) in [5.41, 5.74) is 1.50. The lowest BCUT2D eigenvalue weighted by molar-refractivity contribution is 0.464. The van der Waals surface area contributed by atoms with E-state index in [4.69, 9.17) is 11.6 Å². The van der Waals surface area contributed by atoms with Gasteiger partial charge in [0, 0.05) is 13.1 Å². The van der Waals surface area contributed by atoms with Gasteiger partial charge in [-0.05, 0) is 28.3 Å². The van der Waals surface area contributed by atoms with Gasteiger partial charge in [-0.2, -0.15) is 16.4 Å². The molecule has 0 saturated heterocycles. The zero-order valence-electron chi connectivity index (χ0n) is 10.9. The molecule has 6 heteroatoms. The van der Waals surface area contributed by atoms with Crippen molar-refractivity contribution in [1.82, 2.24) is 9.78 Å². The Labute approximate surface area is 121 Å². The first-order valence-corrected chi connectivity index (χ1v) is 7.40. The molecule has 0 amide bonds. The Kier molecular flexibility index (Phi) is 4.61. The van der Waals surface area contributed by atoms with Gasteiger partial charge in [0.25, 0.3) is 5.56 Å². The van der Waals surface area contributed by atoms with Crippen molar-refractivity contribution in [3.63, 3.8) is 0 Å². The summed E-state index contributed by atoms with van der Waals surface area (Å²) in [5.74, 6) is 0.353. The fourth-order valence-corrected chi connectivity index (χ4v) is 2.54. The van der Waals surface area contributed by atoms with Crippen LogP contribution in [0.4, 0.5) is 5.69 Å². The van der Waals surface area contributed by atoms with Gasteiger partial charge < -0.3 is 5.32 Å². The first-order chi connectivity index (χ1) is 9.08. The van der Waals surface area contributed by atoms with Gasteiger partial charge in [0.05, 0.1) is 11.9 Å². The topological polar surface area (TPSA) is 46.9 Å². The van der Waals surface area contributed by atoms with E-state index in [0.717, 1.165) is 5.56 Å². The average Bonchev–Trinajstić information content (AvgIpc) is 2.87. The Bertz CT molecular complexity index is 592. The minimum absolute atomic E-state index is 0.200. The third kappa shape index (κ3) is 3.58. The van der Waals surface area contributed by atoms with Crippen LogP contribution in [0.5, 0.6) is 0 Å². The summed E-state index contributed by atoms with van der Waals surface area (Å²) in [7, 11) is 0. The number of nitrogens with one attached hydrogen (secondary N) is 1. The molecule has 0 aromatic carbocycles. The normalized spacial score (nSPS) is 10.9. The molecule has 0 spiro atoms. The number of thiophene rings is 1. The average molecular weight is 298 g/mol. The molecule has 4 nitrogen and oxygen atoms in total. The Morgan fingerprint density at radius 2 is 2.32 bits per heavy atom. The van der Waals surface area contributed by atoms with E-state index in [1.165, 1.54) is 4.68 Å². The third-order valence-corrected chi connectivity index (χ3v) is 3.68. The lowest BCUT2D eigenvalue weighted by Crippen LogP contribution is -2.26. The van der Waals surface area contributed by atoms with Gasteiger partial charge in [-0.1, -0.05) is 25.4 Å². The van der Waals surface area contributed by atoms with Gasteiger partial charge in [-0.3, -0.25) is 4.79 Å². The van der Waals surface area contributed by atoms with Crippen LogP contribution in [0.25, 0.3) is 0 Å². The van der Waals surface area contributed by atoms with Crippen LogP contribution in [0.3, 0.4) is 0 Å². The van der Waals surface area contributed by atoms with E-state index in [1.807, 2.05) is 30.7 Å². The molecule has 0 aliphatic rings. The Morgan fingerprint density at radius 1 is 1.53 bits per heavy atom. The first kappa shape index (κ1) is 14.1. The van der Waals surface area contributed by atoms with Gasteiger partial charge in [-0.25, -0.2) is 4.68 Å². The molecule has 0 atom stereocenters. The molecule has 2 aromatic rings. The predicted molar refractivity (Wildman–Crippen MR) is 80.0 cm³/mol. The third-order valence-electron chi connectivity index (χ3n) is 2.59. The van der Waals surface area contributed by atoms with Crippen LogP contribution >= 0.6 is 22.9 Å². The fourth-order valence-electron chi connectivity index (χ4n) is 1.65. The number of aromatic nitrogens is 2. The number of nitrogens with zero attached hydrogens (tertiary/aromatic N) is 2. The quantitative estimate of drug-likeness (QED) is 0.922. The highest BCUT2D eigenvalue weighted by Gasteiger charge is 2.10. The number of hydrogen-bond acceptors (Lipinski definition) is 4. The number of rotatable bonds is 5. The molecule has 0 fully saturated rings. The first-order valence-electron chi connectivity index (χ1n) is 6.08. The highest BCUT2D eigenvalue weighted by Crippen LogP contribution is 2.17. The second kappa shape index (κ2) is 6.21. The largest absolute Gasteiger partial charge is 0.378 e. The Hall–Kier alpha value is -1.33. The predicted octanol–water partition coefficient (Wildman–Crippen LogP) is 3.23. The van der Waals surface area contributed by atoms with Crippen molar-refractivity contribution in [2.24, 2.45) is 5.92 Å². The maximum atomic E-state index is 12.0. The molecular formula is C13H16ClN3OS. The summed E-state index contributed by atoms with van der Waals surface area (Å²) in [6.45, 7) is 5.28. The van der Waals surface area contributed by atoms with E-state index in [0.29, 0.717) is 24.7 Å². The van der Waals surface area contributed by atoms with Crippen LogP contribution in [-0.2, 0) is 13.1 Å². The minimum atomic E-state index is -0.245. The highest BCUT2D eigenvalue weighted by molar-refractivity contribution is 7.07. The number of halogens is 1. The molecule has 0 bridgehead atoms. The van der Waals surface area contributed by atoms with E-state index in [1.54, 1.807) is 17.5 Å². The lowest BCUT2D eigenvalue weighted by Gasteiger charge is -2.11. The van der Waals surface area contributed by atoms with Crippen molar-refractivity contribution < 1.29 is 0 Å². The molecule has 102 valence electrons. The maximum absolute atomic E-state index is 12.0. The fraction of sp³-hybridized carbons (Fsp3) is 0.385. The summed E-state index contributed by atoms with van der Waals surface area (Å²) >= 11 is 7.73. The van der Waals surface area contributed by atoms with Crippen molar-refractivity contribution in [3.8, 4) is 0 Å². The van der Waals surface area contributed by atoms with E-state index < -0.39 is 0 Å². The SMILES string of the molecule is CC(C)Cn1ncc(NCc2ccsc2)c(Cl)c1=O. The Balaban J connectivity index is 2.14. The molecule has 19 heavy (non-hydrogen) atoms. The van der Waals surface area contributed by atoms with Gasteiger partial charge >= 0.3 is 0 Å². The van der Waals surface area contributed by atoms with E-state index >= 15 is 0 Å². The molecule has 0 unspecified atom stereocenters. The van der Waals surface area contributed by atoms with Gasteiger partial charge in [0.15, 0.2) is 0 Å². The van der Waals surface area contributed by atoms with Crippen molar-refractivity contribution in [3.05, 3.63) is 44.0 Å². The van der Waals surface area contributed by atoms with Crippen LogP contribution in [-0.4, -0.2) is 9.78 Å². The van der Waals surface area contributed by atoms with Crippen molar-refractivity contribution in [2.75, 3.05) is 5.32 Å². The van der Waals surface area contributed by atoms with Crippen LogP contribution in [0.1, 0.15) is 19.4 Å². The summed E-state index contributed by atoms with van der Waals surface area (Å²) in [4.78, 5) is 12.0. The highest BCUT2D eigenvalue weighted by atomic mass is 35.5. The van der Waals surface area contributed by atoms with Crippen LogP contribution in [0.15, 0.2) is 27.8 Å². The van der Waals surface area contributed by atoms with Crippen molar-refractivity contribution >= 4 is 28.6 Å². The molecule has 2 aromatic heterocycles. The minimum Gasteiger partial charge on any atom is -0.378 e. The van der Waals surface area contributed by atoms with Crippen LogP contribution < -0.4 is 10.9 Å². The van der Waals surface area contributed by atoms with Crippen molar-refractivity contribution in [2.45, 2.75) is 26.9 Å². The molecule has 2 rings (SSSR count). The second-order valence-electron chi connectivity index (χ2n) is 4.74. The summed E-state index contributed by atoms with van der Waals surface area (Å²) < 4.78 is 1.41.